The van der Waals surface area contributed by atoms with Crippen LogP contribution in [-0.2, 0) is 11.2 Å². The number of fused-ring (bicyclic) bond motifs is 1. The van der Waals surface area contributed by atoms with Crippen LogP contribution in [-0.4, -0.2) is 18.5 Å². The topological polar surface area (TPSA) is 41.1 Å². The van der Waals surface area contributed by atoms with E-state index in [0.29, 0.717) is 0 Å². The van der Waals surface area contributed by atoms with Crippen molar-refractivity contribution in [1.29, 1.82) is 0 Å². The molecule has 0 bridgehead atoms. The normalized spacial score (nSPS) is 26.1. The number of amides is 1. The van der Waals surface area contributed by atoms with Gasteiger partial charge in [-0.05, 0) is 55.7 Å². The highest BCUT2D eigenvalue weighted by atomic mass is 35.5. The summed E-state index contributed by atoms with van der Waals surface area (Å²) in [6.07, 6.45) is 6.80. The van der Waals surface area contributed by atoms with E-state index in [-0.39, 0.29) is 30.4 Å². The number of carbonyl (C=O) groups is 1. The first-order valence-corrected chi connectivity index (χ1v) is 7.82. The Kier molecular flexibility index (Phi) is 5.25. The summed E-state index contributed by atoms with van der Waals surface area (Å²) in [5.74, 6) is 0.193. The van der Waals surface area contributed by atoms with Crippen molar-refractivity contribution in [3.05, 3.63) is 21.9 Å². The third-order valence-corrected chi connectivity index (χ3v) is 4.99. The summed E-state index contributed by atoms with van der Waals surface area (Å²) in [5.41, 5.74) is 1.36. The average Bonchev–Trinajstić information content (AvgIpc) is 2.89. The zero-order valence-corrected chi connectivity index (χ0v) is 12.6. The largest absolute Gasteiger partial charge is 0.348 e. The van der Waals surface area contributed by atoms with Crippen LogP contribution in [0.4, 0.5) is 0 Å². The molecule has 1 saturated heterocycles. The SMILES string of the molecule is Cl.O=C(NC1CCCc2sccc21)[C@@H]1CCCCN1. The van der Waals surface area contributed by atoms with Crippen LogP contribution >= 0.6 is 23.7 Å². The van der Waals surface area contributed by atoms with Crippen LogP contribution < -0.4 is 10.6 Å². The van der Waals surface area contributed by atoms with E-state index < -0.39 is 0 Å². The molecule has 3 rings (SSSR count). The van der Waals surface area contributed by atoms with Gasteiger partial charge in [0, 0.05) is 4.88 Å². The molecule has 5 heteroatoms. The Balaban J connectivity index is 0.00000133. The molecule has 1 aromatic rings. The van der Waals surface area contributed by atoms with Gasteiger partial charge in [-0.15, -0.1) is 23.7 Å². The molecule has 2 heterocycles. The van der Waals surface area contributed by atoms with Gasteiger partial charge in [0.15, 0.2) is 0 Å². The summed E-state index contributed by atoms with van der Waals surface area (Å²) >= 11 is 1.82. The Morgan fingerprint density at radius 3 is 3.00 bits per heavy atom. The lowest BCUT2D eigenvalue weighted by molar-refractivity contribution is -0.124. The van der Waals surface area contributed by atoms with Gasteiger partial charge >= 0.3 is 0 Å². The molecule has 3 nitrogen and oxygen atoms in total. The number of rotatable bonds is 2. The fourth-order valence-corrected chi connectivity index (χ4v) is 3.97. The number of nitrogens with one attached hydrogen (secondary N) is 2. The number of halogens is 1. The van der Waals surface area contributed by atoms with E-state index in [4.69, 9.17) is 0 Å². The maximum absolute atomic E-state index is 12.2. The Labute approximate surface area is 124 Å². The minimum atomic E-state index is 0. The van der Waals surface area contributed by atoms with Crippen LogP contribution in [0.25, 0.3) is 0 Å². The van der Waals surface area contributed by atoms with Crippen molar-refractivity contribution in [2.75, 3.05) is 6.54 Å². The monoisotopic (exact) mass is 300 g/mol. The predicted molar refractivity (Wildman–Crippen MR) is 81.0 cm³/mol. The molecule has 19 heavy (non-hydrogen) atoms. The lowest BCUT2D eigenvalue weighted by Crippen LogP contribution is -2.47. The second-order valence-corrected chi connectivity index (χ2v) is 6.26. The Bertz CT molecular complexity index is 429. The fraction of sp³-hybridized carbons (Fsp3) is 0.643. The molecule has 0 radical (unpaired) electrons. The number of hydrogen-bond acceptors (Lipinski definition) is 3. The molecule has 1 amide bonds. The molecule has 106 valence electrons. The van der Waals surface area contributed by atoms with Gasteiger partial charge in [0.25, 0.3) is 0 Å². The van der Waals surface area contributed by atoms with Gasteiger partial charge < -0.3 is 10.6 Å². The van der Waals surface area contributed by atoms with Gasteiger partial charge in [0.05, 0.1) is 12.1 Å². The molecule has 1 unspecified atom stereocenters. The van der Waals surface area contributed by atoms with Crippen molar-refractivity contribution < 1.29 is 4.79 Å². The van der Waals surface area contributed by atoms with E-state index in [1.54, 1.807) is 0 Å². The second-order valence-electron chi connectivity index (χ2n) is 5.26. The van der Waals surface area contributed by atoms with Crippen LogP contribution in [0.3, 0.4) is 0 Å². The van der Waals surface area contributed by atoms with Gasteiger partial charge in [-0.1, -0.05) is 6.42 Å². The van der Waals surface area contributed by atoms with Gasteiger partial charge in [0.1, 0.15) is 0 Å². The van der Waals surface area contributed by atoms with Crippen LogP contribution in [0.15, 0.2) is 11.4 Å². The molecule has 2 atom stereocenters. The number of thiophene rings is 1. The Morgan fingerprint density at radius 1 is 1.32 bits per heavy atom. The molecular formula is C14H21ClN2OS. The van der Waals surface area contributed by atoms with E-state index in [2.05, 4.69) is 22.1 Å². The highest BCUT2D eigenvalue weighted by molar-refractivity contribution is 7.10. The second kappa shape index (κ2) is 6.73. The molecule has 0 spiro atoms. The molecule has 2 aliphatic rings. The van der Waals surface area contributed by atoms with E-state index in [9.17, 15) is 4.79 Å². The summed E-state index contributed by atoms with van der Waals surface area (Å²) in [4.78, 5) is 13.7. The minimum Gasteiger partial charge on any atom is -0.348 e. The van der Waals surface area contributed by atoms with Crippen LogP contribution in [0.5, 0.6) is 0 Å². The van der Waals surface area contributed by atoms with Crippen molar-refractivity contribution in [2.24, 2.45) is 0 Å². The summed E-state index contributed by atoms with van der Waals surface area (Å²) < 4.78 is 0. The molecular weight excluding hydrogens is 280 g/mol. The number of piperidine rings is 1. The first-order chi connectivity index (χ1) is 8.84. The van der Waals surface area contributed by atoms with Crippen molar-refractivity contribution in [2.45, 2.75) is 50.6 Å². The first-order valence-electron chi connectivity index (χ1n) is 6.94. The third-order valence-electron chi connectivity index (χ3n) is 4.00. The summed E-state index contributed by atoms with van der Waals surface area (Å²) in [7, 11) is 0. The van der Waals surface area contributed by atoms with E-state index in [0.717, 1.165) is 19.4 Å². The predicted octanol–water partition coefficient (Wildman–Crippen LogP) is 2.81. The summed E-state index contributed by atoms with van der Waals surface area (Å²) in [6, 6.07) is 2.46. The number of hydrogen-bond donors (Lipinski definition) is 2. The van der Waals surface area contributed by atoms with Gasteiger partial charge in [-0.2, -0.15) is 0 Å². The highest BCUT2D eigenvalue weighted by Crippen LogP contribution is 2.33. The summed E-state index contributed by atoms with van der Waals surface area (Å²) in [6.45, 7) is 0.979. The molecule has 0 saturated carbocycles. The third kappa shape index (κ3) is 3.30. The zero-order valence-electron chi connectivity index (χ0n) is 11.0. The van der Waals surface area contributed by atoms with E-state index in [1.165, 1.54) is 36.1 Å². The van der Waals surface area contributed by atoms with Gasteiger partial charge in [-0.3, -0.25) is 4.79 Å². The maximum atomic E-state index is 12.2. The number of carbonyl (C=O) groups excluding carboxylic acids is 1. The molecule has 1 aliphatic heterocycles. The molecule has 2 N–H and O–H groups in total. The van der Waals surface area contributed by atoms with Crippen molar-refractivity contribution in [1.82, 2.24) is 10.6 Å². The van der Waals surface area contributed by atoms with Crippen molar-refractivity contribution in [3.63, 3.8) is 0 Å². The van der Waals surface area contributed by atoms with Crippen molar-refractivity contribution >= 4 is 29.7 Å². The van der Waals surface area contributed by atoms with Gasteiger partial charge in [0.2, 0.25) is 5.91 Å². The van der Waals surface area contributed by atoms with E-state index >= 15 is 0 Å². The smallest absolute Gasteiger partial charge is 0.237 e. The van der Waals surface area contributed by atoms with E-state index in [1.807, 2.05) is 11.3 Å². The van der Waals surface area contributed by atoms with Crippen molar-refractivity contribution in [3.8, 4) is 0 Å². The Hall–Kier alpha value is -0.580. The summed E-state index contributed by atoms with van der Waals surface area (Å²) in [5, 5.41) is 8.70. The minimum absolute atomic E-state index is 0. The Morgan fingerprint density at radius 2 is 2.21 bits per heavy atom. The quantitative estimate of drug-likeness (QED) is 0.882. The fourth-order valence-electron chi connectivity index (χ4n) is 2.98. The average molecular weight is 301 g/mol. The van der Waals surface area contributed by atoms with Crippen LogP contribution in [0.2, 0.25) is 0 Å². The van der Waals surface area contributed by atoms with Crippen LogP contribution in [0.1, 0.15) is 48.6 Å². The maximum Gasteiger partial charge on any atom is 0.237 e. The lowest BCUT2D eigenvalue weighted by atomic mass is 9.93. The molecule has 1 aromatic heterocycles. The number of aryl methyl sites for hydroxylation is 1. The molecule has 0 aromatic carbocycles. The first kappa shape index (κ1) is 14.8. The highest BCUT2D eigenvalue weighted by Gasteiger charge is 2.26. The lowest BCUT2D eigenvalue weighted by Gasteiger charge is -2.28. The molecule has 1 aliphatic carbocycles. The van der Waals surface area contributed by atoms with Crippen LogP contribution in [0, 0.1) is 0 Å². The van der Waals surface area contributed by atoms with Gasteiger partial charge in [-0.25, -0.2) is 0 Å². The molecule has 1 fully saturated rings. The standard InChI is InChI=1S/C14H20N2OS.ClH/c17-14(12-4-1-2-8-15-12)16-11-5-3-6-13-10(11)7-9-18-13;/h7,9,11-12,15H,1-6,8H2,(H,16,17);1H/t11?,12-;/m0./s1. The zero-order chi connectivity index (χ0) is 12.4.